The Kier molecular flexibility index (Phi) is 3.24. The van der Waals surface area contributed by atoms with Crippen LogP contribution < -0.4 is 5.32 Å². The van der Waals surface area contributed by atoms with Crippen LogP contribution in [0.25, 0.3) is 11.5 Å². The van der Waals surface area contributed by atoms with Gasteiger partial charge in [-0.3, -0.25) is 0 Å². The predicted molar refractivity (Wildman–Crippen MR) is 79.5 cm³/mol. The molecule has 1 aliphatic rings. The zero-order chi connectivity index (χ0) is 14.2. The van der Waals surface area contributed by atoms with Crippen LogP contribution in [0, 0.1) is 12.3 Å². The highest BCUT2D eigenvalue weighted by atomic mass is 16.5. The van der Waals surface area contributed by atoms with Gasteiger partial charge in [-0.05, 0) is 37.3 Å². The Bertz CT molecular complexity index is 603. The third-order valence-electron chi connectivity index (χ3n) is 4.27. The van der Waals surface area contributed by atoms with E-state index in [2.05, 4.69) is 35.4 Å². The Morgan fingerprint density at radius 1 is 1.30 bits per heavy atom. The maximum atomic E-state index is 5.31. The van der Waals surface area contributed by atoms with Gasteiger partial charge in [-0.2, -0.15) is 4.98 Å². The van der Waals surface area contributed by atoms with E-state index in [0.29, 0.717) is 23.2 Å². The highest BCUT2D eigenvalue weighted by molar-refractivity contribution is 5.72. The lowest BCUT2D eigenvalue weighted by Gasteiger charge is -2.29. The fourth-order valence-corrected chi connectivity index (χ4v) is 2.98. The van der Waals surface area contributed by atoms with Crippen molar-refractivity contribution in [3.63, 3.8) is 0 Å². The summed E-state index contributed by atoms with van der Waals surface area (Å²) in [4.78, 5) is 4.33. The Morgan fingerprint density at radius 2 is 2.10 bits per heavy atom. The zero-order valence-electron chi connectivity index (χ0n) is 12.3. The summed E-state index contributed by atoms with van der Waals surface area (Å²) in [6, 6.07) is 8.64. The van der Waals surface area contributed by atoms with Crippen molar-refractivity contribution in [3.8, 4) is 11.5 Å². The van der Waals surface area contributed by atoms with Crippen LogP contribution in [0.2, 0.25) is 0 Å². The van der Waals surface area contributed by atoms with E-state index in [1.165, 1.54) is 19.3 Å². The van der Waals surface area contributed by atoms with Gasteiger partial charge in [0.25, 0.3) is 5.89 Å². The van der Waals surface area contributed by atoms with Crippen LogP contribution in [0.5, 0.6) is 0 Å². The Morgan fingerprint density at radius 3 is 2.75 bits per heavy atom. The van der Waals surface area contributed by atoms with Crippen molar-refractivity contribution in [2.75, 3.05) is 5.32 Å². The highest BCUT2D eigenvalue weighted by Gasteiger charge is 2.34. The Hall–Kier alpha value is -1.84. The number of hydrogen-bond donors (Lipinski definition) is 1. The average molecular weight is 271 g/mol. The second kappa shape index (κ2) is 4.93. The quantitative estimate of drug-likeness (QED) is 0.915. The number of aromatic nitrogens is 2. The van der Waals surface area contributed by atoms with Crippen molar-refractivity contribution in [2.24, 2.45) is 5.41 Å². The van der Waals surface area contributed by atoms with Gasteiger partial charge in [0, 0.05) is 11.7 Å². The Labute approximate surface area is 119 Å². The first kappa shape index (κ1) is 13.2. The first-order valence-electron chi connectivity index (χ1n) is 7.22. The summed E-state index contributed by atoms with van der Waals surface area (Å²) >= 11 is 0. The summed E-state index contributed by atoms with van der Waals surface area (Å²) in [5.41, 5.74) is 2.39. The molecule has 1 atom stereocenters. The molecule has 0 spiro atoms. The molecule has 1 fully saturated rings. The topological polar surface area (TPSA) is 51.0 Å². The van der Waals surface area contributed by atoms with Crippen molar-refractivity contribution < 1.29 is 4.52 Å². The molecule has 0 radical (unpaired) electrons. The summed E-state index contributed by atoms with van der Waals surface area (Å²) in [5.74, 6) is 1.25. The van der Waals surface area contributed by atoms with E-state index in [0.717, 1.165) is 11.3 Å². The predicted octanol–water partition coefficient (Wildman–Crippen LogP) is 4.04. The highest BCUT2D eigenvalue weighted by Crippen LogP contribution is 2.40. The minimum atomic E-state index is 0.331. The minimum Gasteiger partial charge on any atom is -0.381 e. The molecule has 4 nitrogen and oxygen atoms in total. The van der Waals surface area contributed by atoms with Gasteiger partial charge in [0.05, 0.1) is 5.56 Å². The number of aryl methyl sites for hydroxylation is 1. The molecule has 0 bridgehead atoms. The molecule has 2 aromatic rings. The van der Waals surface area contributed by atoms with Gasteiger partial charge >= 0.3 is 0 Å². The largest absolute Gasteiger partial charge is 0.381 e. The van der Waals surface area contributed by atoms with E-state index in [1.807, 2.05) is 25.1 Å². The molecule has 1 aliphatic carbocycles. The average Bonchev–Trinajstić information content (AvgIpc) is 2.97. The van der Waals surface area contributed by atoms with Crippen molar-refractivity contribution >= 4 is 5.69 Å². The van der Waals surface area contributed by atoms with Gasteiger partial charge in [-0.15, -0.1) is 0 Å². The molecule has 1 aromatic heterocycles. The SMILES string of the molecule is Cc1noc(-c2ccccc2NC2CCCC2(C)C)n1. The van der Waals surface area contributed by atoms with E-state index < -0.39 is 0 Å². The maximum Gasteiger partial charge on any atom is 0.260 e. The normalized spacial score (nSPS) is 21.1. The monoisotopic (exact) mass is 271 g/mol. The van der Waals surface area contributed by atoms with Crippen molar-refractivity contribution in [3.05, 3.63) is 30.1 Å². The lowest BCUT2D eigenvalue weighted by atomic mass is 9.87. The van der Waals surface area contributed by atoms with E-state index >= 15 is 0 Å². The lowest BCUT2D eigenvalue weighted by molar-refractivity contribution is 0.350. The maximum absolute atomic E-state index is 5.31. The number of nitrogens with one attached hydrogen (secondary N) is 1. The van der Waals surface area contributed by atoms with E-state index in [4.69, 9.17) is 4.52 Å². The molecule has 3 rings (SSSR count). The molecular formula is C16H21N3O. The van der Waals surface area contributed by atoms with Crippen LogP contribution in [0.3, 0.4) is 0 Å². The fraction of sp³-hybridized carbons (Fsp3) is 0.500. The van der Waals surface area contributed by atoms with Crippen LogP contribution >= 0.6 is 0 Å². The van der Waals surface area contributed by atoms with Gasteiger partial charge in [0.15, 0.2) is 5.82 Å². The van der Waals surface area contributed by atoms with Crippen molar-refractivity contribution in [1.82, 2.24) is 10.1 Å². The molecule has 0 amide bonds. The van der Waals surface area contributed by atoms with Crippen LogP contribution in [0.15, 0.2) is 28.8 Å². The number of hydrogen-bond acceptors (Lipinski definition) is 4. The second-order valence-corrected chi connectivity index (χ2v) is 6.27. The summed E-state index contributed by atoms with van der Waals surface area (Å²) in [6.07, 6.45) is 3.77. The van der Waals surface area contributed by atoms with Crippen LogP contribution in [0.4, 0.5) is 5.69 Å². The number of benzene rings is 1. The van der Waals surface area contributed by atoms with E-state index in [1.54, 1.807) is 0 Å². The van der Waals surface area contributed by atoms with Gasteiger partial charge in [0.2, 0.25) is 0 Å². The smallest absolute Gasteiger partial charge is 0.260 e. The molecular weight excluding hydrogens is 250 g/mol. The van der Waals surface area contributed by atoms with Crippen molar-refractivity contribution in [2.45, 2.75) is 46.1 Å². The zero-order valence-corrected chi connectivity index (χ0v) is 12.3. The van der Waals surface area contributed by atoms with Crippen LogP contribution in [-0.2, 0) is 0 Å². The van der Waals surface area contributed by atoms with Crippen molar-refractivity contribution in [1.29, 1.82) is 0 Å². The van der Waals surface area contributed by atoms with Gasteiger partial charge in [0.1, 0.15) is 0 Å². The number of rotatable bonds is 3. The van der Waals surface area contributed by atoms with Gasteiger partial charge in [-0.25, -0.2) is 0 Å². The number of anilines is 1. The molecule has 1 heterocycles. The van der Waals surface area contributed by atoms with Crippen LogP contribution in [0.1, 0.15) is 38.9 Å². The van der Waals surface area contributed by atoms with E-state index in [-0.39, 0.29) is 0 Å². The molecule has 1 N–H and O–H groups in total. The van der Waals surface area contributed by atoms with E-state index in [9.17, 15) is 0 Å². The minimum absolute atomic E-state index is 0.331. The first-order valence-corrected chi connectivity index (χ1v) is 7.22. The summed E-state index contributed by atoms with van der Waals surface area (Å²) in [6.45, 7) is 6.50. The molecule has 1 saturated carbocycles. The third-order valence-corrected chi connectivity index (χ3v) is 4.27. The molecule has 1 aromatic carbocycles. The molecule has 0 saturated heterocycles. The van der Waals surface area contributed by atoms with Gasteiger partial charge < -0.3 is 9.84 Å². The summed E-state index contributed by atoms with van der Waals surface area (Å²) in [5, 5.41) is 7.56. The van der Waals surface area contributed by atoms with Crippen LogP contribution in [-0.4, -0.2) is 16.2 Å². The second-order valence-electron chi connectivity index (χ2n) is 6.27. The number of para-hydroxylation sites is 1. The standard InChI is InChI=1S/C16H21N3O/c1-11-17-15(20-19-11)12-7-4-5-8-13(12)18-14-9-6-10-16(14,2)3/h4-5,7-8,14,18H,6,9-10H2,1-3H3. The number of nitrogens with zero attached hydrogens (tertiary/aromatic N) is 2. The summed E-state index contributed by atoms with van der Waals surface area (Å²) < 4.78 is 5.31. The van der Waals surface area contributed by atoms with Gasteiger partial charge in [-0.1, -0.05) is 37.6 Å². The third kappa shape index (κ3) is 2.42. The molecule has 0 aliphatic heterocycles. The molecule has 1 unspecified atom stereocenters. The Balaban J connectivity index is 1.91. The molecule has 20 heavy (non-hydrogen) atoms. The lowest BCUT2D eigenvalue weighted by Crippen LogP contribution is -2.30. The molecule has 106 valence electrons. The fourth-order valence-electron chi connectivity index (χ4n) is 2.98. The first-order chi connectivity index (χ1) is 9.56. The molecule has 4 heteroatoms. The summed E-state index contributed by atoms with van der Waals surface area (Å²) in [7, 11) is 0.